The highest BCUT2D eigenvalue weighted by Crippen LogP contribution is 2.30. The zero-order valence-corrected chi connectivity index (χ0v) is 9.70. The molecule has 0 atom stereocenters. The van der Waals surface area contributed by atoms with Crippen LogP contribution in [-0.4, -0.2) is 29.7 Å². The molecule has 8 nitrogen and oxygen atoms in total. The van der Waals surface area contributed by atoms with Crippen LogP contribution in [0.2, 0.25) is 0 Å². The van der Waals surface area contributed by atoms with E-state index >= 15 is 0 Å². The lowest BCUT2D eigenvalue weighted by molar-refractivity contribution is -0.385. The van der Waals surface area contributed by atoms with Gasteiger partial charge in [-0.05, 0) is 12.1 Å². The van der Waals surface area contributed by atoms with Crippen LogP contribution in [0.15, 0.2) is 23.4 Å². The standard InChI is InChI=1S/C10H13N3O5/c1-17-9-3-2-7(6-8(9)13(15)16)18-5-4-10(11)12-14/h2-3,6,14H,4-5H2,1H3,(H2,11,12). The van der Waals surface area contributed by atoms with Gasteiger partial charge in [0.2, 0.25) is 0 Å². The van der Waals surface area contributed by atoms with Crippen LogP contribution in [-0.2, 0) is 0 Å². The van der Waals surface area contributed by atoms with Gasteiger partial charge < -0.3 is 20.4 Å². The molecule has 0 saturated heterocycles. The SMILES string of the molecule is COc1ccc(OCC/C(N)=N/O)cc1[N+](=O)[O-]. The number of oxime groups is 1. The van der Waals surface area contributed by atoms with E-state index in [-0.39, 0.29) is 30.3 Å². The van der Waals surface area contributed by atoms with Crippen molar-refractivity contribution in [1.29, 1.82) is 0 Å². The highest BCUT2D eigenvalue weighted by Gasteiger charge is 2.15. The predicted octanol–water partition coefficient (Wildman–Crippen LogP) is 1.12. The Morgan fingerprint density at radius 3 is 2.89 bits per heavy atom. The van der Waals surface area contributed by atoms with Crippen LogP contribution in [0.25, 0.3) is 0 Å². The normalized spacial score (nSPS) is 11.1. The second-order valence-corrected chi connectivity index (χ2v) is 3.28. The summed E-state index contributed by atoms with van der Waals surface area (Å²) >= 11 is 0. The molecule has 3 N–H and O–H groups in total. The fourth-order valence-corrected chi connectivity index (χ4v) is 1.23. The molecule has 1 aromatic carbocycles. The Morgan fingerprint density at radius 2 is 2.33 bits per heavy atom. The summed E-state index contributed by atoms with van der Waals surface area (Å²) in [5.74, 6) is 0.495. The maximum absolute atomic E-state index is 10.8. The molecule has 0 heterocycles. The molecule has 98 valence electrons. The van der Waals surface area contributed by atoms with E-state index in [1.54, 1.807) is 0 Å². The fourth-order valence-electron chi connectivity index (χ4n) is 1.23. The molecule has 1 aromatic rings. The van der Waals surface area contributed by atoms with Gasteiger partial charge in [-0.15, -0.1) is 0 Å². The van der Waals surface area contributed by atoms with Gasteiger partial charge in [-0.25, -0.2) is 0 Å². The van der Waals surface area contributed by atoms with E-state index in [4.69, 9.17) is 20.4 Å². The van der Waals surface area contributed by atoms with Crippen molar-refractivity contribution in [1.82, 2.24) is 0 Å². The third kappa shape index (κ3) is 3.51. The second-order valence-electron chi connectivity index (χ2n) is 3.28. The van der Waals surface area contributed by atoms with Gasteiger partial charge in [-0.3, -0.25) is 10.1 Å². The molecule has 0 aromatic heterocycles. The van der Waals surface area contributed by atoms with E-state index in [0.29, 0.717) is 5.75 Å². The van der Waals surface area contributed by atoms with Crippen molar-refractivity contribution in [3.63, 3.8) is 0 Å². The molecular formula is C10H13N3O5. The molecular weight excluding hydrogens is 242 g/mol. The third-order valence-corrected chi connectivity index (χ3v) is 2.10. The topological polar surface area (TPSA) is 120 Å². The number of methoxy groups -OCH3 is 1. The first-order chi connectivity index (χ1) is 8.58. The van der Waals surface area contributed by atoms with Crippen molar-refractivity contribution in [2.24, 2.45) is 10.9 Å². The molecule has 0 unspecified atom stereocenters. The highest BCUT2D eigenvalue weighted by atomic mass is 16.6. The van der Waals surface area contributed by atoms with E-state index in [0.717, 1.165) is 0 Å². The van der Waals surface area contributed by atoms with Crippen LogP contribution >= 0.6 is 0 Å². The van der Waals surface area contributed by atoms with Crippen LogP contribution in [0.1, 0.15) is 6.42 Å². The average molecular weight is 255 g/mol. The first-order valence-electron chi connectivity index (χ1n) is 5.00. The summed E-state index contributed by atoms with van der Waals surface area (Å²) < 4.78 is 10.1. The van der Waals surface area contributed by atoms with E-state index in [2.05, 4.69) is 5.16 Å². The van der Waals surface area contributed by atoms with Gasteiger partial charge >= 0.3 is 5.69 Å². The quantitative estimate of drug-likeness (QED) is 0.258. The third-order valence-electron chi connectivity index (χ3n) is 2.10. The lowest BCUT2D eigenvalue weighted by atomic mass is 10.3. The van der Waals surface area contributed by atoms with Gasteiger partial charge in [0, 0.05) is 6.42 Å². The highest BCUT2D eigenvalue weighted by molar-refractivity contribution is 5.79. The van der Waals surface area contributed by atoms with Gasteiger partial charge in [0.15, 0.2) is 5.75 Å². The molecule has 0 bridgehead atoms. The number of hydrogen-bond donors (Lipinski definition) is 2. The van der Waals surface area contributed by atoms with Crippen LogP contribution in [0.3, 0.4) is 0 Å². The molecule has 0 aliphatic rings. The molecule has 1 rings (SSSR count). The molecule has 0 spiro atoms. The Kier molecular flexibility index (Phi) is 4.73. The van der Waals surface area contributed by atoms with Crippen LogP contribution in [0.4, 0.5) is 5.69 Å². The second kappa shape index (κ2) is 6.28. The minimum atomic E-state index is -0.560. The largest absolute Gasteiger partial charge is 0.493 e. The van der Waals surface area contributed by atoms with Crippen molar-refractivity contribution < 1.29 is 19.6 Å². The van der Waals surface area contributed by atoms with E-state index in [1.807, 2.05) is 0 Å². The summed E-state index contributed by atoms with van der Waals surface area (Å²) in [5, 5.41) is 21.9. The number of nitrogens with zero attached hydrogens (tertiary/aromatic N) is 2. The first kappa shape index (κ1) is 13.6. The monoisotopic (exact) mass is 255 g/mol. The number of nitro benzene ring substituents is 1. The number of nitrogens with two attached hydrogens (primary N) is 1. The summed E-state index contributed by atoms with van der Waals surface area (Å²) in [6, 6.07) is 4.24. The van der Waals surface area contributed by atoms with Crippen molar-refractivity contribution in [3.05, 3.63) is 28.3 Å². The molecule has 0 radical (unpaired) electrons. The lowest BCUT2D eigenvalue weighted by Crippen LogP contribution is -2.15. The summed E-state index contributed by atoms with van der Waals surface area (Å²) in [6.07, 6.45) is 0.219. The first-order valence-corrected chi connectivity index (χ1v) is 5.00. The molecule has 0 fully saturated rings. The molecule has 0 amide bonds. The Morgan fingerprint density at radius 1 is 1.61 bits per heavy atom. The average Bonchev–Trinajstić information content (AvgIpc) is 2.38. The Bertz CT molecular complexity index is 461. The Hall–Kier alpha value is -2.51. The van der Waals surface area contributed by atoms with Crippen LogP contribution in [0, 0.1) is 10.1 Å². The van der Waals surface area contributed by atoms with Crippen LogP contribution < -0.4 is 15.2 Å². The number of hydrogen-bond acceptors (Lipinski definition) is 6. The van der Waals surface area contributed by atoms with Crippen molar-refractivity contribution in [3.8, 4) is 11.5 Å². The molecule has 0 aliphatic heterocycles. The van der Waals surface area contributed by atoms with Crippen molar-refractivity contribution in [2.45, 2.75) is 6.42 Å². The van der Waals surface area contributed by atoms with E-state index in [9.17, 15) is 10.1 Å². The fraction of sp³-hybridized carbons (Fsp3) is 0.300. The minimum Gasteiger partial charge on any atom is -0.493 e. The smallest absolute Gasteiger partial charge is 0.314 e. The number of ether oxygens (including phenoxy) is 2. The Labute approximate surface area is 103 Å². The van der Waals surface area contributed by atoms with Gasteiger partial charge in [0.1, 0.15) is 11.6 Å². The lowest BCUT2D eigenvalue weighted by Gasteiger charge is -2.07. The van der Waals surface area contributed by atoms with E-state index < -0.39 is 4.92 Å². The predicted molar refractivity (Wildman–Crippen MR) is 63.2 cm³/mol. The zero-order valence-electron chi connectivity index (χ0n) is 9.70. The molecule has 0 saturated carbocycles. The van der Waals surface area contributed by atoms with Gasteiger partial charge in [0.25, 0.3) is 0 Å². The number of nitro groups is 1. The van der Waals surface area contributed by atoms with Crippen molar-refractivity contribution >= 4 is 11.5 Å². The van der Waals surface area contributed by atoms with Crippen molar-refractivity contribution in [2.75, 3.05) is 13.7 Å². The van der Waals surface area contributed by atoms with Gasteiger partial charge in [-0.2, -0.15) is 0 Å². The van der Waals surface area contributed by atoms with Gasteiger partial charge in [0.05, 0.1) is 24.7 Å². The minimum absolute atomic E-state index is 0.0259. The number of amidine groups is 1. The summed E-state index contributed by atoms with van der Waals surface area (Å²) in [4.78, 5) is 10.2. The van der Waals surface area contributed by atoms with Gasteiger partial charge in [-0.1, -0.05) is 5.16 Å². The summed E-state index contributed by atoms with van der Waals surface area (Å²) in [6.45, 7) is 0.152. The number of rotatable bonds is 6. The Balaban J connectivity index is 2.73. The zero-order chi connectivity index (χ0) is 13.5. The molecule has 0 aliphatic carbocycles. The summed E-state index contributed by atoms with van der Waals surface area (Å²) in [7, 11) is 1.35. The summed E-state index contributed by atoms with van der Waals surface area (Å²) in [5.41, 5.74) is 5.07. The van der Waals surface area contributed by atoms with E-state index in [1.165, 1.54) is 25.3 Å². The van der Waals surface area contributed by atoms with Crippen LogP contribution in [0.5, 0.6) is 11.5 Å². The molecule has 18 heavy (non-hydrogen) atoms. The molecule has 8 heteroatoms. The maximum atomic E-state index is 10.8. The number of benzene rings is 1. The maximum Gasteiger partial charge on any atom is 0.314 e.